The molecule has 0 atom stereocenters. The van der Waals surface area contributed by atoms with Crippen LogP contribution in [0.15, 0.2) is 0 Å². The van der Waals surface area contributed by atoms with Gasteiger partial charge in [-0.25, -0.2) is 0 Å². The normalized spacial score (nSPS) is 7.60. The van der Waals surface area contributed by atoms with Gasteiger partial charge in [-0.3, -0.25) is 4.79 Å². The Hall–Kier alpha value is 0.500. The minimum atomic E-state index is -0.0687. The lowest BCUT2D eigenvalue weighted by Gasteiger charge is -1.68. The Balaban J connectivity index is 2.85. The number of rotatable bonds is 1. The van der Waals surface area contributed by atoms with Crippen LogP contribution in [-0.2, 0) is 4.79 Å². The first-order chi connectivity index (χ1) is 2.27. The Kier molecular flexibility index (Phi) is 2.99. The third-order valence-corrected chi connectivity index (χ3v) is 1.13. The summed E-state index contributed by atoms with van der Waals surface area (Å²) in [7, 11) is 0. The molecule has 0 aliphatic heterocycles. The van der Waals surface area contributed by atoms with E-state index in [1.807, 2.05) is 0 Å². The molecule has 0 aromatic rings. The van der Waals surface area contributed by atoms with Crippen molar-refractivity contribution in [1.82, 2.24) is 0 Å². The highest BCUT2D eigenvalue weighted by Crippen LogP contribution is 1.83. The molecule has 0 heterocycles. The van der Waals surface area contributed by atoms with E-state index in [4.69, 9.17) is 0 Å². The summed E-state index contributed by atoms with van der Waals surface area (Å²) in [6, 6.07) is 0. The predicted octanol–water partition coefficient (Wildman–Crippen LogP) is 0.838. The molecule has 0 saturated carbocycles. The second-order valence-corrected chi connectivity index (χ2v) is 1.71. The summed E-state index contributed by atoms with van der Waals surface area (Å²) in [6.07, 6.45) is 0. The van der Waals surface area contributed by atoms with Gasteiger partial charge in [-0.05, 0) is 15.9 Å². The van der Waals surface area contributed by atoms with Gasteiger partial charge >= 0.3 is 0 Å². The van der Waals surface area contributed by atoms with Crippen LogP contribution in [0.3, 0.4) is 0 Å². The third kappa shape index (κ3) is 4.50. The molecule has 1 nitrogen and oxygen atoms in total. The number of thiol groups is 1. The third-order valence-electron chi connectivity index (χ3n) is 0.124. The molecular weight excluding hydrogens is 152 g/mol. The van der Waals surface area contributed by atoms with Crippen molar-refractivity contribution in [2.24, 2.45) is 0 Å². The smallest absolute Gasteiger partial charge is 0.207 e. The molecule has 3 heteroatoms. The van der Waals surface area contributed by atoms with Crippen molar-refractivity contribution in [3.63, 3.8) is 0 Å². The van der Waals surface area contributed by atoms with E-state index < -0.39 is 0 Å². The Morgan fingerprint density at radius 3 is 2.20 bits per heavy atom. The van der Waals surface area contributed by atoms with Crippen LogP contribution in [0.1, 0.15) is 0 Å². The maximum absolute atomic E-state index is 9.65. The molecule has 0 fully saturated rings. The monoisotopic (exact) mass is 154 g/mol. The first-order valence-corrected chi connectivity index (χ1v) is 2.49. The zero-order chi connectivity index (χ0) is 4.28. The van der Waals surface area contributed by atoms with Crippen molar-refractivity contribution in [3.05, 3.63) is 0 Å². The molecule has 30 valence electrons. The van der Waals surface area contributed by atoms with Crippen LogP contribution in [0, 0.1) is 0 Å². The van der Waals surface area contributed by atoms with Crippen LogP contribution in [0.4, 0.5) is 0 Å². The second kappa shape index (κ2) is 2.72. The molecule has 0 radical (unpaired) electrons. The SMILES string of the molecule is O=C(Br)CS. The molecule has 0 bridgehead atoms. The van der Waals surface area contributed by atoms with E-state index in [0.29, 0.717) is 0 Å². The van der Waals surface area contributed by atoms with Crippen LogP contribution in [-0.4, -0.2) is 10.4 Å². The molecule has 5 heavy (non-hydrogen) atoms. The molecule has 0 aliphatic carbocycles. The fraction of sp³-hybridized carbons (Fsp3) is 0.500. The summed E-state index contributed by atoms with van der Waals surface area (Å²) < 4.78 is -0.0687. The number of hydrogen-bond donors (Lipinski definition) is 1. The summed E-state index contributed by atoms with van der Waals surface area (Å²) in [5.74, 6) is 0.278. The Morgan fingerprint density at radius 2 is 2.20 bits per heavy atom. The number of carbonyl (C=O) groups is 1. The van der Waals surface area contributed by atoms with Gasteiger partial charge in [-0.15, -0.1) is 0 Å². The summed E-state index contributed by atoms with van der Waals surface area (Å²) >= 11 is 6.28. The van der Waals surface area contributed by atoms with Crippen LogP contribution in [0.5, 0.6) is 0 Å². The second-order valence-electron chi connectivity index (χ2n) is 0.513. The first kappa shape index (κ1) is 5.50. The maximum Gasteiger partial charge on any atom is 0.207 e. The van der Waals surface area contributed by atoms with Gasteiger partial charge in [0, 0.05) is 0 Å². The maximum atomic E-state index is 9.65. The van der Waals surface area contributed by atoms with Crippen molar-refractivity contribution in [3.8, 4) is 0 Å². The average molecular weight is 155 g/mol. The molecule has 0 rings (SSSR count). The van der Waals surface area contributed by atoms with Crippen molar-refractivity contribution in [2.75, 3.05) is 5.75 Å². The Labute approximate surface area is 44.3 Å². The van der Waals surface area contributed by atoms with Crippen molar-refractivity contribution >= 4 is 33.3 Å². The zero-order valence-corrected chi connectivity index (χ0v) is 4.92. The van der Waals surface area contributed by atoms with Crippen molar-refractivity contribution < 1.29 is 4.79 Å². The number of hydrogen-bond acceptors (Lipinski definition) is 2. The lowest BCUT2D eigenvalue weighted by molar-refractivity contribution is -0.108. The first-order valence-electron chi connectivity index (χ1n) is 1.06. The van der Waals surface area contributed by atoms with Gasteiger partial charge in [0.25, 0.3) is 0 Å². The van der Waals surface area contributed by atoms with Gasteiger partial charge in [0.2, 0.25) is 4.69 Å². The van der Waals surface area contributed by atoms with E-state index >= 15 is 0 Å². The fourth-order valence-corrected chi connectivity index (χ4v) is 0. The molecule has 0 aromatic carbocycles. The number of halogens is 1. The van der Waals surface area contributed by atoms with E-state index in [2.05, 4.69) is 28.6 Å². The lowest BCUT2D eigenvalue weighted by Crippen LogP contribution is -1.80. The highest BCUT2D eigenvalue weighted by molar-refractivity contribution is 9.18. The van der Waals surface area contributed by atoms with Gasteiger partial charge in [0.15, 0.2) is 0 Å². The lowest BCUT2D eigenvalue weighted by atomic mass is 10.9. The summed E-state index contributed by atoms with van der Waals surface area (Å²) in [5, 5.41) is 0. The molecule has 0 N–H and O–H groups in total. The largest absolute Gasteiger partial charge is 0.286 e. The van der Waals surface area contributed by atoms with Crippen molar-refractivity contribution in [2.45, 2.75) is 0 Å². The minimum Gasteiger partial charge on any atom is -0.286 e. The molecule has 0 aliphatic rings. The summed E-state index contributed by atoms with van der Waals surface area (Å²) in [5.41, 5.74) is 0. The Morgan fingerprint density at radius 1 is 2.00 bits per heavy atom. The van der Waals surface area contributed by atoms with Gasteiger partial charge in [-0.2, -0.15) is 12.6 Å². The molecule has 0 saturated heterocycles. The van der Waals surface area contributed by atoms with Crippen LogP contribution in [0.2, 0.25) is 0 Å². The van der Waals surface area contributed by atoms with E-state index in [1.165, 1.54) is 0 Å². The van der Waals surface area contributed by atoms with Gasteiger partial charge in [0.1, 0.15) is 0 Å². The van der Waals surface area contributed by atoms with Crippen LogP contribution < -0.4 is 0 Å². The highest BCUT2D eigenvalue weighted by atomic mass is 79.9. The standard InChI is InChI=1S/C2H3BrOS/c3-2(4)1-5/h5H,1H2. The quantitative estimate of drug-likeness (QED) is 0.438. The summed E-state index contributed by atoms with van der Waals surface area (Å²) in [6.45, 7) is 0. The average Bonchev–Trinajstić information content (AvgIpc) is 1.38. The van der Waals surface area contributed by atoms with E-state index in [0.717, 1.165) is 0 Å². The van der Waals surface area contributed by atoms with Crippen LogP contribution >= 0.6 is 28.6 Å². The van der Waals surface area contributed by atoms with Gasteiger partial charge < -0.3 is 0 Å². The minimum absolute atomic E-state index is 0.0687. The van der Waals surface area contributed by atoms with E-state index in [1.54, 1.807) is 0 Å². The molecular formula is C2H3BrOS. The molecule has 0 spiro atoms. The molecule has 0 amide bonds. The fourth-order valence-electron chi connectivity index (χ4n) is 0. The Bertz CT molecular complexity index is 44.9. The predicted molar refractivity (Wildman–Crippen MR) is 27.8 cm³/mol. The van der Waals surface area contributed by atoms with Gasteiger partial charge in [0.05, 0.1) is 5.75 Å². The van der Waals surface area contributed by atoms with E-state index in [-0.39, 0.29) is 10.4 Å². The molecule has 0 aromatic heterocycles. The van der Waals surface area contributed by atoms with Crippen molar-refractivity contribution in [1.29, 1.82) is 0 Å². The highest BCUT2D eigenvalue weighted by Gasteiger charge is 1.81. The van der Waals surface area contributed by atoms with E-state index in [9.17, 15) is 4.79 Å². The zero-order valence-electron chi connectivity index (χ0n) is 2.44. The summed E-state index contributed by atoms with van der Waals surface area (Å²) in [4.78, 5) is 9.65. The number of carbonyl (C=O) groups excluding carboxylic acids is 1. The molecule has 0 unspecified atom stereocenters. The topological polar surface area (TPSA) is 17.1 Å². The van der Waals surface area contributed by atoms with Gasteiger partial charge in [-0.1, -0.05) is 0 Å². The van der Waals surface area contributed by atoms with Crippen LogP contribution in [0.25, 0.3) is 0 Å².